The van der Waals surface area contributed by atoms with Gasteiger partial charge in [0.25, 0.3) is 0 Å². The molecular formula is C24H30F3N3O. The fourth-order valence-electron chi connectivity index (χ4n) is 4.21. The SMILES string of the molecule is CCCN(CC(=O)Nc1ccccc1C(F)(F)F)[C@H]1CCCN(Cc2ccccc2)C1. The molecule has 1 amide bonds. The third kappa shape index (κ3) is 6.80. The Morgan fingerprint density at radius 2 is 1.84 bits per heavy atom. The van der Waals surface area contributed by atoms with Crippen molar-refractivity contribution >= 4 is 11.6 Å². The summed E-state index contributed by atoms with van der Waals surface area (Å²) < 4.78 is 39.7. The topological polar surface area (TPSA) is 35.6 Å². The van der Waals surface area contributed by atoms with Gasteiger partial charge in [0.05, 0.1) is 17.8 Å². The number of carbonyl (C=O) groups excluding carboxylic acids is 1. The fraction of sp³-hybridized carbons (Fsp3) is 0.458. The van der Waals surface area contributed by atoms with Gasteiger partial charge in [0.15, 0.2) is 0 Å². The molecule has 1 fully saturated rings. The molecule has 1 heterocycles. The van der Waals surface area contributed by atoms with Gasteiger partial charge >= 0.3 is 6.18 Å². The van der Waals surface area contributed by atoms with Crippen molar-refractivity contribution in [2.24, 2.45) is 0 Å². The van der Waals surface area contributed by atoms with E-state index < -0.39 is 17.6 Å². The fourth-order valence-corrected chi connectivity index (χ4v) is 4.21. The maximum Gasteiger partial charge on any atom is 0.418 e. The highest BCUT2D eigenvalue weighted by Crippen LogP contribution is 2.34. The number of halogens is 3. The van der Waals surface area contributed by atoms with E-state index in [2.05, 4.69) is 34.2 Å². The molecule has 1 aliphatic heterocycles. The minimum atomic E-state index is -4.51. The number of rotatable bonds is 8. The highest BCUT2D eigenvalue weighted by molar-refractivity contribution is 5.93. The summed E-state index contributed by atoms with van der Waals surface area (Å²) in [4.78, 5) is 17.2. The van der Waals surface area contributed by atoms with Gasteiger partial charge in [-0.25, -0.2) is 0 Å². The molecule has 1 atom stereocenters. The lowest BCUT2D eigenvalue weighted by Gasteiger charge is -2.39. The molecular weight excluding hydrogens is 403 g/mol. The van der Waals surface area contributed by atoms with E-state index in [1.807, 2.05) is 18.2 Å². The predicted octanol–water partition coefficient (Wildman–Crippen LogP) is 5.02. The van der Waals surface area contributed by atoms with Crippen molar-refractivity contribution < 1.29 is 18.0 Å². The summed E-state index contributed by atoms with van der Waals surface area (Å²) in [6.07, 6.45) is -1.61. The van der Waals surface area contributed by atoms with E-state index in [1.54, 1.807) is 0 Å². The van der Waals surface area contributed by atoms with E-state index in [9.17, 15) is 18.0 Å². The Balaban J connectivity index is 1.63. The van der Waals surface area contributed by atoms with Crippen LogP contribution in [0.3, 0.4) is 0 Å². The average molecular weight is 434 g/mol. The number of nitrogens with one attached hydrogen (secondary N) is 1. The molecule has 1 aliphatic rings. The number of piperidine rings is 1. The molecule has 2 aromatic carbocycles. The van der Waals surface area contributed by atoms with Crippen LogP contribution in [0.15, 0.2) is 54.6 Å². The molecule has 31 heavy (non-hydrogen) atoms. The van der Waals surface area contributed by atoms with Crippen molar-refractivity contribution in [3.63, 3.8) is 0 Å². The third-order valence-electron chi connectivity index (χ3n) is 5.61. The van der Waals surface area contributed by atoms with Gasteiger partial charge in [0.2, 0.25) is 5.91 Å². The second kappa shape index (κ2) is 10.8. The first-order valence-corrected chi connectivity index (χ1v) is 10.8. The number of hydrogen-bond acceptors (Lipinski definition) is 3. The van der Waals surface area contributed by atoms with Crippen LogP contribution in [-0.4, -0.2) is 47.9 Å². The van der Waals surface area contributed by atoms with Crippen LogP contribution in [0.5, 0.6) is 0 Å². The van der Waals surface area contributed by atoms with Crippen molar-refractivity contribution in [1.82, 2.24) is 9.80 Å². The minimum absolute atomic E-state index is 0.0872. The Morgan fingerprint density at radius 1 is 1.13 bits per heavy atom. The zero-order valence-electron chi connectivity index (χ0n) is 17.9. The summed E-state index contributed by atoms with van der Waals surface area (Å²) in [5, 5.41) is 2.48. The van der Waals surface area contributed by atoms with Crippen LogP contribution in [0.1, 0.15) is 37.3 Å². The first-order chi connectivity index (χ1) is 14.9. The molecule has 2 aromatic rings. The Hall–Kier alpha value is -2.38. The zero-order chi connectivity index (χ0) is 22.3. The Morgan fingerprint density at radius 3 is 2.55 bits per heavy atom. The molecule has 1 N–H and O–H groups in total. The van der Waals surface area contributed by atoms with Crippen molar-refractivity contribution in [1.29, 1.82) is 0 Å². The first kappa shape index (κ1) is 23.3. The van der Waals surface area contributed by atoms with Crippen molar-refractivity contribution in [2.75, 3.05) is 31.5 Å². The van der Waals surface area contributed by atoms with Crippen molar-refractivity contribution in [3.8, 4) is 0 Å². The number of nitrogens with zero attached hydrogens (tertiary/aromatic N) is 2. The molecule has 3 rings (SSSR count). The predicted molar refractivity (Wildman–Crippen MR) is 117 cm³/mol. The quantitative estimate of drug-likeness (QED) is 0.635. The van der Waals surface area contributed by atoms with Gasteiger partial charge in [-0.05, 0) is 50.0 Å². The maximum atomic E-state index is 13.2. The van der Waals surface area contributed by atoms with Gasteiger partial charge in [-0.15, -0.1) is 0 Å². The van der Waals surface area contributed by atoms with Crippen LogP contribution in [0.25, 0.3) is 0 Å². The molecule has 4 nitrogen and oxygen atoms in total. The van der Waals surface area contributed by atoms with Crippen molar-refractivity contribution in [3.05, 3.63) is 65.7 Å². The van der Waals surface area contributed by atoms with E-state index >= 15 is 0 Å². The van der Waals surface area contributed by atoms with E-state index in [0.717, 1.165) is 51.5 Å². The highest BCUT2D eigenvalue weighted by Gasteiger charge is 2.34. The molecule has 0 saturated carbocycles. The summed E-state index contributed by atoms with van der Waals surface area (Å²) >= 11 is 0. The van der Waals surface area contributed by atoms with Crippen molar-refractivity contribution in [2.45, 2.75) is 44.9 Å². The lowest BCUT2D eigenvalue weighted by molar-refractivity contribution is -0.137. The molecule has 0 spiro atoms. The highest BCUT2D eigenvalue weighted by atomic mass is 19.4. The number of alkyl halides is 3. The minimum Gasteiger partial charge on any atom is -0.324 e. The molecule has 168 valence electrons. The van der Waals surface area contributed by atoms with E-state index in [1.165, 1.54) is 23.8 Å². The zero-order valence-corrected chi connectivity index (χ0v) is 17.9. The molecule has 0 aliphatic carbocycles. The molecule has 7 heteroatoms. The normalized spacial score (nSPS) is 17.6. The van der Waals surface area contributed by atoms with Crippen LogP contribution in [0, 0.1) is 0 Å². The number of anilines is 1. The lowest BCUT2D eigenvalue weighted by atomic mass is 10.0. The third-order valence-corrected chi connectivity index (χ3v) is 5.61. The second-order valence-electron chi connectivity index (χ2n) is 8.08. The summed E-state index contributed by atoms with van der Waals surface area (Å²) in [6, 6.07) is 15.6. The summed E-state index contributed by atoms with van der Waals surface area (Å²) in [7, 11) is 0. The molecule has 0 aromatic heterocycles. The summed E-state index contributed by atoms with van der Waals surface area (Å²) in [5.74, 6) is -0.412. The van der Waals surface area contributed by atoms with E-state index in [-0.39, 0.29) is 18.3 Å². The largest absolute Gasteiger partial charge is 0.418 e. The van der Waals surface area contributed by atoms with Gasteiger partial charge < -0.3 is 5.32 Å². The molecule has 1 saturated heterocycles. The van der Waals surface area contributed by atoms with Crippen LogP contribution in [0.4, 0.5) is 18.9 Å². The van der Waals surface area contributed by atoms with Crippen LogP contribution in [0.2, 0.25) is 0 Å². The van der Waals surface area contributed by atoms with Crippen LogP contribution in [-0.2, 0) is 17.5 Å². The Bertz CT molecular complexity index is 841. The van der Waals surface area contributed by atoms with Gasteiger partial charge in [0.1, 0.15) is 0 Å². The number of amides is 1. The van der Waals surface area contributed by atoms with Gasteiger partial charge in [0, 0.05) is 19.1 Å². The Labute approximate surface area is 182 Å². The van der Waals surface area contributed by atoms with Crippen LogP contribution < -0.4 is 5.32 Å². The van der Waals surface area contributed by atoms with Crippen LogP contribution >= 0.6 is 0 Å². The monoisotopic (exact) mass is 433 g/mol. The number of benzene rings is 2. The average Bonchev–Trinajstić information content (AvgIpc) is 2.74. The van der Waals surface area contributed by atoms with Gasteiger partial charge in [-0.3, -0.25) is 14.6 Å². The summed E-state index contributed by atoms with van der Waals surface area (Å²) in [6.45, 7) is 5.59. The Kier molecular flexibility index (Phi) is 8.09. The van der Waals surface area contributed by atoms with Gasteiger partial charge in [-0.1, -0.05) is 49.4 Å². The number of likely N-dealkylation sites (tertiary alicyclic amines) is 1. The standard InChI is InChI=1S/C24H30F3N3O/c1-2-14-30(18-23(31)28-22-13-7-6-12-21(22)24(25,26)27)20-11-8-15-29(17-20)16-19-9-4-3-5-10-19/h3-7,9-10,12-13,20H,2,8,11,14-18H2,1H3,(H,28,31)/t20-/m0/s1. The number of para-hydroxylation sites is 1. The number of carbonyl (C=O) groups is 1. The van der Waals surface area contributed by atoms with E-state index in [0.29, 0.717) is 0 Å². The summed E-state index contributed by atoms with van der Waals surface area (Å²) in [5.41, 5.74) is 0.245. The molecule has 0 radical (unpaired) electrons. The number of hydrogen-bond donors (Lipinski definition) is 1. The first-order valence-electron chi connectivity index (χ1n) is 10.8. The molecule has 0 unspecified atom stereocenters. The van der Waals surface area contributed by atoms with E-state index in [4.69, 9.17) is 0 Å². The second-order valence-corrected chi connectivity index (χ2v) is 8.08. The molecule has 0 bridgehead atoms. The van der Waals surface area contributed by atoms with Gasteiger partial charge in [-0.2, -0.15) is 13.2 Å². The lowest BCUT2D eigenvalue weighted by Crippen LogP contribution is -2.50. The smallest absolute Gasteiger partial charge is 0.324 e. The maximum absolute atomic E-state index is 13.2.